The van der Waals surface area contributed by atoms with Crippen molar-refractivity contribution in [1.29, 1.82) is 0 Å². The van der Waals surface area contributed by atoms with Crippen LogP contribution in [0.5, 0.6) is 0 Å². The van der Waals surface area contributed by atoms with Gasteiger partial charge in [0.25, 0.3) is 5.91 Å². The molecule has 26 heavy (non-hydrogen) atoms. The topological polar surface area (TPSA) is 55.4 Å². The quantitative estimate of drug-likeness (QED) is 0.371. The van der Waals surface area contributed by atoms with Crippen LogP contribution in [-0.4, -0.2) is 25.0 Å². The van der Waals surface area contributed by atoms with Gasteiger partial charge >= 0.3 is 5.97 Å². The van der Waals surface area contributed by atoms with Crippen LogP contribution in [-0.2, 0) is 14.9 Å². The van der Waals surface area contributed by atoms with Gasteiger partial charge in [0.1, 0.15) is 6.04 Å². The van der Waals surface area contributed by atoms with Crippen molar-refractivity contribution in [3.8, 4) is 0 Å². The smallest absolute Gasteiger partial charge is 0.328 e. The van der Waals surface area contributed by atoms with Crippen molar-refractivity contribution in [1.82, 2.24) is 5.32 Å². The molecule has 0 aromatic heterocycles. The highest BCUT2D eigenvalue weighted by Gasteiger charge is 2.22. The minimum Gasteiger partial charge on any atom is -0.467 e. The maximum Gasteiger partial charge on any atom is 0.328 e. The van der Waals surface area contributed by atoms with E-state index in [1.54, 1.807) is 12.1 Å². The highest BCUT2D eigenvalue weighted by molar-refractivity contribution is 5.96. The molecular formula is C22H33NO3. The molecule has 1 aromatic rings. The number of nitrogens with one attached hydrogen (secondary N) is 1. The van der Waals surface area contributed by atoms with Crippen LogP contribution in [0.25, 0.3) is 0 Å². The third-order valence-corrected chi connectivity index (χ3v) is 4.46. The molecule has 144 valence electrons. The lowest BCUT2D eigenvalue weighted by Gasteiger charge is -2.20. The summed E-state index contributed by atoms with van der Waals surface area (Å²) >= 11 is 0. The second kappa shape index (κ2) is 10.8. The normalized spacial score (nSPS) is 12.3. The fourth-order valence-corrected chi connectivity index (χ4v) is 2.75. The van der Waals surface area contributed by atoms with Crippen LogP contribution in [0.4, 0.5) is 0 Å². The number of allylic oxidation sites excluding steroid dienone is 1. The zero-order chi connectivity index (χ0) is 19.6. The van der Waals surface area contributed by atoms with Crippen molar-refractivity contribution in [3.63, 3.8) is 0 Å². The van der Waals surface area contributed by atoms with Crippen molar-refractivity contribution < 1.29 is 14.3 Å². The van der Waals surface area contributed by atoms with E-state index in [4.69, 9.17) is 4.74 Å². The Labute approximate surface area is 158 Å². The van der Waals surface area contributed by atoms with Gasteiger partial charge in [-0.1, -0.05) is 58.2 Å². The third kappa shape index (κ3) is 7.42. The van der Waals surface area contributed by atoms with Crippen LogP contribution in [0.1, 0.15) is 75.2 Å². The van der Waals surface area contributed by atoms with Gasteiger partial charge in [-0.15, -0.1) is 6.58 Å². The van der Waals surface area contributed by atoms with Gasteiger partial charge in [-0.2, -0.15) is 0 Å². The second-order valence-corrected chi connectivity index (χ2v) is 7.66. The second-order valence-electron chi connectivity index (χ2n) is 7.66. The van der Waals surface area contributed by atoms with E-state index in [0.717, 1.165) is 37.7 Å². The molecule has 0 saturated heterocycles. The molecule has 1 amide bonds. The Morgan fingerprint density at radius 3 is 2.27 bits per heavy atom. The maximum atomic E-state index is 12.5. The molecule has 0 fully saturated rings. The number of carbonyl (C=O) groups excluding carboxylic acids is 2. The summed E-state index contributed by atoms with van der Waals surface area (Å²) in [6.45, 7) is 10.1. The standard InChI is InChI=1S/C22H33NO3/c1-6-7-8-9-10-11-12-19(21(25)26-5)23-20(24)17-13-15-18(16-14-17)22(2,3)4/h6,13-16,19H,1,7-12H2,2-5H3,(H,23,24)/t19-/m1/s1. The van der Waals surface area contributed by atoms with Gasteiger partial charge in [0.2, 0.25) is 0 Å². The van der Waals surface area contributed by atoms with E-state index in [1.807, 2.05) is 18.2 Å². The lowest BCUT2D eigenvalue weighted by atomic mass is 9.86. The van der Waals surface area contributed by atoms with Gasteiger partial charge in [0.15, 0.2) is 0 Å². The van der Waals surface area contributed by atoms with E-state index in [-0.39, 0.29) is 11.3 Å². The van der Waals surface area contributed by atoms with E-state index < -0.39 is 12.0 Å². The van der Waals surface area contributed by atoms with E-state index in [9.17, 15) is 9.59 Å². The highest BCUT2D eigenvalue weighted by Crippen LogP contribution is 2.22. The number of amides is 1. The van der Waals surface area contributed by atoms with Gasteiger partial charge in [0.05, 0.1) is 7.11 Å². The van der Waals surface area contributed by atoms with Gasteiger partial charge < -0.3 is 10.1 Å². The van der Waals surface area contributed by atoms with Crippen molar-refractivity contribution in [2.24, 2.45) is 0 Å². The van der Waals surface area contributed by atoms with Crippen LogP contribution in [0, 0.1) is 0 Å². The molecular weight excluding hydrogens is 326 g/mol. The van der Waals surface area contributed by atoms with Gasteiger partial charge in [-0.25, -0.2) is 4.79 Å². The number of benzene rings is 1. The molecule has 0 heterocycles. The minimum absolute atomic E-state index is 0.0369. The summed E-state index contributed by atoms with van der Waals surface area (Å²) in [5, 5.41) is 2.81. The number of methoxy groups -OCH3 is 1. The lowest BCUT2D eigenvalue weighted by molar-refractivity contribution is -0.143. The zero-order valence-corrected chi connectivity index (χ0v) is 16.6. The number of unbranched alkanes of at least 4 members (excludes halogenated alkanes) is 4. The molecule has 0 saturated carbocycles. The van der Waals surface area contributed by atoms with Crippen LogP contribution in [0.3, 0.4) is 0 Å². The first-order chi connectivity index (χ1) is 12.3. The summed E-state index contributed by atoms with van der Waals surface area (Å²) in [7, 11) is 1.35. The molecule has 1 rings (SSSR count). The number of carbonyl (C=O) groups is 2. The van der Waals surface area contributed by atoms with Crippen molar-refractivity contribution in [3.05, 3.63) is 48.0 Å². The molecule has 0 aliphatic heterocycles. The molecule has 1 atom stereocenters. The average molecular weight is 360 g/mol. The van der Waals surface area contributed by atoms with Gasteiger partial charge in [-0.05, 0) is 42.4 Å². The first-order valence-corrected chi connectivity index (χ1v) is 9.39. The molecule has 1 aromatic carbocycles. The number of hydrogen-bond donors (Lipinski definition) is 1. The molecule has 0 unspecified atom stereocenters. The number of hydrogen-bond acceptors (Lipinski definition) is 3. The molecule has 4 nitrogen and oxygen atoms in total. The van der Waals surface area contributed by atoms with E-state index in [0.29, 0.717) is 12.0 Å². The first kappa shape index (κ1) is 21.9. The SMILES string of the molecule is C=CCCCCCC[C@@H](NC(=O)c1ccc(C(C)(C)C)cc1)C(=O)OC. The summed E-state index contributed by atoms with van der Waals surface area (Å²) in [6.07, 6.45) is 7.63. The number of rotatable bonds is 10. The Bertz CT molecular complexity index is 584. The van der Waals surface area contributed by atoms with Gasteiger partial charge in [0, 0.05) is 5.56 Å². The van der Waals surface area contributed by atoms with Crippen LogP contribution < -0.4 is 5.32 Å². The Morgan fingerprint density at radius 1 is 1.12 bits per heavy atom. The summed E-state index contributed by atoms with van der Waals surface area (Å²) in [4.78, 5) is 24.5. The Morgan fingerprint density at radius 2 is 1.73 bits per heavy atom. The van der Waals surface area contributed by atoms with Crippen molar-refractivity contribution >= 4 is 11.9 Å². The third-order valence-electron chi connectivity index (χ3n) is 4.46. The largest absolute Gasteiger partial charge is 0.467 e. The number of ether oxygens (including phenoxy) is 1. The molecule has 0 aliphatic rings. The summed E-state index contributed by atoms with van der Waals surface area (Å²) in [5.74, 6) is -0.636. The molecule has 1 N–H and O–H groups in total. The van der Waals surface area contributed by atoms with E-state index in [1.165, 1.54) is 7.11 Å². The van der Waals surface area contributed by atoms with E-state index >= 15 is 0 Å². The van der Waals surface area contributed by atoms with Gasteiger partial charge in [-0.3, -0.25) is 4.79 Å². The van der Waals surface area contributed by atoms with Crippen LogP contribution >= 0.6 is 0 Å². The summed E-state index contributed by atoms with van der Waals surface area (Å²) in [6, 6.07) is 6.93. The van der Waals surface area contributed by atoms with E-state index in [2.05, 4.69) is 32.7 Å². The minimum atomic E-state index is -0.603. The number of esters is 1. The van der Waals surface area contributed by atoms with Crippen molar-refractivity contribution in [2.45, 2.75) is 70.8 Å². The molecule has 0 bridgehead atoms. The summed E-state index contributed by atoms with van der Waals surface area (Å²) < 4.78 is 4.84. The lowest BCUT2D eigenvalue weighted by Crippen LogP contribution is -2.41. The predicted molar refractivity (Wildman–Crippen MR) is 106 cm³/mol. The molecule has 4 heteroatoms. The monoisotopic (exact) mass is 359 g/mol. The van der Waals surface area contributed by atoms with Crippen molar-refractivity contribution in [2.75, 3.05) is 7.11 Å². The predicted octanol–water partition coefficient (Wildman–Crippen LogP) is 4.78. The van der Waals surface area contributed by atoms with Crippen LogP contribution in [0.15, 0.2) is 36.9 Å². The fourth-order valence-electron chi connectivity index (χ4n) is 2.75. The Kier molecular flexibility index (Phi) is 9.11. The Balaban J connectivity index is 2.62. The molecule has 0 radical (unpaired) electrons. The summed E-state index contributed by atoms with van der Waals surface area (Å²) in [5.41, 5.74) is 1.76. The molecule has 0 aliphatic carbocycles. The maximum absolute atomic E-state index is 12.5. The van der Waals surface area contributed by atoms with Crippen LogP contribution in [0.2, 0.25) is 0 Å². The first-order valence-electron chi connectivity index (χ1n) is 9.39. The fraction of sp³-hybridized carbons (Fsp3) is 0.545. The Hall–Kier alpha value is -2.10. The highest BCUT2D eigenvalue weighted by atomic mass is 16.5. The average Bonchev–Trinajstić information content (AvgIpc) is 2.62. The molecule has 0 spiro atoms. The zero-order valence-electron chi connectivity index (χ0n) is 16.6.